The van der Waals surface area contributed by atoms with E-state index in [0.29, 0.717) is 12.8 Å². The molecule has 4 N–H and O–H groups in total. The predicted octanol–water partition coefficient (Wildman–Crippen LogP) is 4.09. The van der Waals surface area contributed by atoms with Gasteiger partial charge in [0.1, 0.15) is 0 Å². The second-order valence-corrected chi connectivity index (χ2v) is 7.05. The third-order valence-electron chi connectivity index (χ3n) is 4.98. The third-order valence-corrected chi connectivity index (χ3v) is 4.98. The van der Waals surface area contributed by atoms with E-state index in [1.54, 1.807) is 0 Å². The Morgan fingerprint density at radius 1 is 1.15 bits per heavy atom. The van der Waals surface area contributed by atoms with Crippen LogP contribution in [0.3, 0.4) is 0 Å². The molecule has 0 spiro atoms. The third kappa shape index (κ3) is 3.81. The van der Waals surface area contributed by atoms with Crippen LogP contribution in [-0.4, -0.2) is 16.4 Å². The number of nitrogens with one attached hydrogen (secondary N) is 2. The van der Waals surface area contributed by atoms with Crippen molar-refractivity contribution < 1.29 is 4.79 Å². The quantitative estimate of drug-likeness (QED) is 0.601. The molecule has 0 radical (unpaired) electrons. The Morgan fingerprint density at radius 2 is 1.85 bits per heavy atom. The van der Waals surface area contributed by atoms with Gasteiger partial charge in [0.05, 0.1) is 11.6 Å². The SMILES string of the molecule is CCC[C@@](N)(Cc1c[nH]c2ccccc12)C(=O)N[C@@H](C)c1ccccc1. The van der Waals surface area contributed by atoms with Crippen LogP contribution in [-0.2, 0) is 11.2 Å². The van der Waals surface area contributed by atoms with Crippen molar-refractivity contribution in [3.63, 3.8) is 0 Å². The van der Waals surface area contributed by atoms with E-state index in [9.17, 15) is 4.79 Å². The van der Waals surface area contributed by atoms with Crippen LogP contribution in [0.2, 0.25) is 0 Å². The minimum atomic E-state index is -0.928. The smallest absolute Gasteiger partial charge is 0.240 e. The molecule has 4 nitrogen and oxygen atoms in total. The maximum Gasteiger partial charge on any atom is 0.240 e. The molecule has 0 saturated carbocycles. The predicted molar refractivity (Wildman–Crippen MR) is 107 cm³/mol. The monoisotopic (exact) mass is 349 g/mol. The van der Waals surface area contributed by atoms with Crippen LogP contribution >= 0.6 is 0 Å². The van der Waals surface area contributed by atoms with E-state index >= 15 is 0 Å². The second-order valence-electron chi connectivity index (χ2n) is 7.05. The molecule has 1 aromatic heterocycles. The summed E-state index contributed by atoms with van der Waals surface area (Å²) in [4.78, 5) is 16.3. The largest absolute Gasteiger partial charge is 0.361 e. The molecule has 26 heavy (non-hydrogen) atoms. The minimum Gasteiger partial charge on any atom is -0.361 e. The van der Waals surface area contributed by atoms with Crippen molar-refractivity contribution in [3.8, 4) is 0 Å². The first-order valence-corrected chi connectivity index (χ1v) is 9.23. The van der Waals surface area contributed by atoms with Crippen LogP contribution in [0, 0.1) is 0 Å². The highest BCUT2D eigenvalue weighted by molar-refractivity contribution is 5.89. The number of rotatable bonds is 7. The Labute approximate surface area is 154 Å². The second kappa shape index (κ2) is 7.75. The van der Waals surface area contributed by atoms with Crippen molar-refractivity contribution in [2.24, 2.45) is 5.73 Å². The summed E-state index contributed by atoms with van der Waals surface area (Å²) in [5.74, 6) is -0.0963. The number of para-hydroxylation sites is 1. The van der Waals surface area contributed by atoms with Gasteiger partial charge in [-0.15, -0.1) is 0 Å². The fourth-order valence-corrected chi connectivity index (χ4v) is 3.51. The van der Waals surface area contributed by atoms with Crippen LogP contribution in [0.4, 0.5) is 0 Å². The Morgan fingerprint density at radius 3 is 2.58 bits per heavy atom. The number of aromatic amines is 1. The topological polar surface area (TPSA) is 70.9 Å². The highest BCUT2D eigenvalue weighted by Crippen LogP contribution is 2.25. The average Bonchev–Trinajstić information content (AvgIpc) is 3.05. The van der Waals surface area contributed by atoms with Gasteiger partial charge in [0.15, 0.2) is 0 Å². The van der Waals surface area contributed by atoms with Crippen molar-refractivity contribution in [1.29, 1.82) is 0 Å². The molecule has 0 saturated heterocycles. The average molecular weight is 349 g/mol. The Kier molecular flexibility index (Phi) is 5.43. The number of hydrogen-bond donors (Lipinski definition) is 3. The number of benzene rings is 2. The van der Waals surface area contributed by atoms with Gasteiger partial charge in [0.25, 0.3) is 0 Å². The van der Waals surface area contributed by atoms with Crippen molar-refractivity contribution in [2.75, 3.05) is 0 Å². The van der Waals surface area contributed by atoms with Gasteiger partial charge in [-0.3, -0.25) is 4.79 Å². The Bertz CT molecular complexity index is 871. The van der Waals surface area contributed by atoms with Crippen LogP contribution < -0.4 is 11.1 Å². The fraction of sp³-hybridized carbons (Fsp3) is 0.318. The molecule has 0 bridgehead atoms. The number of H-pyrrole nitrogens is 1. The van der Waals surface area contributed by atoms with Gasteiger partial charge in [-0.1, -0.05) is 61.9 Å². The van der Waals surface area contributed by atoms with Crippen molar-refractivity contribution in [3.05, 3.63) is 71.9 Å². The number of aromatic nitrogens is 1. The first-order chi connectivity index (χ1) is 12.5. The summed E-state index contributed by atoms with van der Waals surface area (Å²) in [5.41, 5.74) is 8.93. The molecular formula is C22H27N3O. The van der Waals surface area contributed by atoms with Gasteiger partial charge in [-0.05, 0) is 30.5 Å². The molecular weight excluding hydrogens is 322 g/mol. The van der Waals surface area contributed by atoms with Gasteiger partial charge in [0.2, 0.25) is 5.91 Å². The maximum absolute atomic E-state index is 13.1. The van der Waals surface area contributed by atoms with E-state index in [-0.39, 0.29) is 11.9 Å². The normalized spacial score (nSPS) is 14.7. The zero-order valence-electron chi connectivity index (χ0n) is 15.5. The van der Waals surface area contributed by atoms with Gasteiger partial charge in [-0.2, -0.15) is 0 Å². The summed E-state index contributed by atoms with van der Waals surface area (Å²) in [6.07, 6.45) is 3.97. The van der Waals surface area contributed by atoms with Crippen molar-refractivity contribution in [1.82, 2.24) is 10.3 Å². The molecule has 1 amide bonds. The number of nitrogens with two attached hydrogens (primary N) is 1. The lowest BCUT2D eigenvalue weighted by Gasteiger charge is -2.30. The molecule has 2 aromatic carbocycles. The molecule has 0 aliphatic heterocycles. The van der Waals surface area contributed by atoms with E-state index < -0.39 is 5.54 Å². The first kappa shape index (κ1) is 18.2. The minimum absolute atomic E-state index is 0.0774. The first-order valence-electron chi connectivity index (χ1n) is 9.23. The summed E-state index contributed by atoms with van der Waals surface area (Å²) in [6, 6.07) is 18.0. The summed E-state index contributed by atoms with van der Waals surface area (Å²) in [6.45, 7) is 4.05. The summed E-state index contributed by atoms with van der Waals surface area (Å²) in [5, 5.41) is 4.24. The zero-order chi connectivity index (χ0) is 18.6. The van der Waals surface area contributed by atoms with Gasteiger partial charge < -0.3 is 16.0 Å². The molecule has 1 heterocycles. The van der Waals surface area contributed by atoms with E-state index in [1.165, 1.54) is 0 Å². The molecule has 0 fully saturated rings. The van der Waals surface area contributed by atoms with E-state index in [1.807, 2.05) is 61.7 Å². The molecule has 2 atom stereocenters. The lowest BCUT2D eigenvalue weighted by Crippen LogP contribution is -2.55. The molecule has 0 unspecified atom stereocenters. The number of amides is 1. The molecule has 3 aromatic rings. The summed E-state index contributed by atoms with van der Waals surface area (Å²) < 4.78 is 0. The molecule has 3 rings (SSSR count). The van der Waals surface area contributed by atoms with E-state index in [4.69, 9.17) is 5.73 Å². The fourth-order valence-electron chi connectivity index (χ4n) is 3.51. The van der Waals surface area contributed by atoms with E-state index in [0.717, 1.165) is 28.5 Å². The maximum atomic E-state index is 13.1. The molecule has 0 aliphatic rings. The highest BCUT2D eigenvalue weighted by atomic mass is 16.2. The van der Waals surface area contributed by atoms with Crippen LogP contribution in [0.5, 0.6) is 0 Å². The lowest BCUT2D eigenvalue weighted by atomic mass is 9.86. The Hall–Kier alpha value is -2.59. The number of fused-ring (bicyclic) bond motifs is 1. The van der Waals surface area contributed by atoms with Gasteiger partial charge >= 0.3 is 0 Å². The highest BCUT2D eigenvalue weighted by Gasteiger charge is 2.34. The van der Waals surface area contributed by atoms with Crippen LogP contribution in [0.25, 0.3) is 10.9 Å². The molecule has 136 valence electrons. The van der Waals surface area contributed by atoms with Gasteiger partial charge in [-0.25, -0.2) is 0 Å². The lowest BCUT2D eigenvalue weighted by molar-refractivity contribution is -0.127. The summed E-state index contributed by atoms with van der Waals surface area (Å²) >= 11 is 0. The number of carbonyl (C=O) groups excluding carboxylic acids is 1. The number of hydrogen-bond acceptors (Lipinski definition) is 2. The Balaban J connectivity index is 1.81. The summed E-state index contributed by atoms with van der Waals surface area (Å²) in [7, 11) is 0. The molecule has 4 heteroatoms. The molecule has 0 aliphatic carbocycles. The van der Waals surface area contributed by atoms with Crippen LogP contribution in [0.15, 0.2) is 60.8 Å². The zero-order valence-corrected chi connectivity index (χ0v) is 15.5. The van der Waals surface area contributed by atoms with Crippen molar-refractivity contribution in [2.45, 2.75) is 44.7 Å². The van der Waals surface area contributed by atoms with Crippen LogP contribution in [0.1, 0.15) is 43.9 Å². The van der Waals surface area contributed by atoms with Gasteiger partial charge in [0, 0.05) is 23.5 Å². The standard InChI is InChI=1S/C22H27N3O/c1-3-13-22(23,14-18-15-24-20-12-8-7-11-19(18)20)21(26)25-16(2)17-9-5-4-6-10-17/h4-12,15-16,24H,3,13-14,23H2,1-2H3,(H,25,26)/t16-,22+/m0/s1. The number of carbonyl (C=O) groups is 1. The van der Waals surface area contributed by atoms with E-state index in [2.05, 4.69) is 23.3 Å². The van der Waals surface area contributed by atoms with Crippen molar-refractivity contribution >= 4 is 16.8 Å².